The number of amides is 2. The molecule has 2 N–H and O–H groups in total. The van der Waals surface area contributed by atoms with E-state index >= 15 is 0 Å². The second-order valence-corrected chi connectivity index (χ2v) is 10.4. The maximum absolute atomic E-state index is 13.5. The van der Waals surface area contributed by atoms with Crippen LogP contribution in [0.4, 0.5) is 4.79 Å². The summed E-state index contributed by atoms with van der Waals surface area (Å²) in [5.74, 6) is -1.11. The van der Waals surface area contributed by atoms with E-state index in [1.807, 2.05) is 24.3 Å². The van der Waals surface area contributed by atoms with Gasteiger partial charge in [0.2, 0.25) is 5.91 Å². The molecule has 2 saturated heterocycles. The molecule has 6 rings (SSSR count). The molecule has 3 unspecified atom stereocenters. The Hall–Kier alpha value is -3.35. The third-order valence-corrected chi connectivity index (χ3v) is 8.31. The summed E-state index contributed by atoms with van der Waals surface area (Å²) in [6, 6.07) is 15.4. The molecule has 2 aliphatic carbocycles. The van der Waals surface area contributed by atoms with Crippen LogP contribution in [0.5, 0.6) is 0 Å². The molecule has 0 radical (unpaired) electrons. The standard InChI is InChI=1S/C28H30N2O5/c31-26(30-17-11-12-25(30)22(14-17)27(32)33)24(13-16-9-10-16)29-28(34)35-15-23-20-7-3-1-5-18(20)19-6-2-4-8-21(19)23/h1-8,16-17,22-25H,9-15H2,(H,29,34)(H,32,33)/t17?,22?,24-,25?/m0/s1. The summed E-state index contributed by atoms with van der Waals surface area (Å²) in [5.41, 5.74) is 4.61. The van der Waals surface area contributed by atoms with Gasteiger partial charge in [-0.1, -0.05) is 61.4 Å². The van der Waals surface area contributed by atoms with Gasteiger partial charge in [-0.3, -0.25) is 9.59 Å². The zero-order valence-corrected chi connectivity index (χ0v) is 19.6. The average molecular weight is 475 g/mol. The fraction of sp³-hybridized carbons (Fsp3) is 0.464. The number of carbonyl (C=O) groups excluding carboxylic acids is 2. The van der Waals surface area contributed by atoms with Crippen molar-refractivity contribution in [3.05, 3.63) is 59.7 Å². The van der Waals surface area contributed by atoms with E-state index in [0.717, 1.165) is 41.5 Å². The highest BCUT2D eigenvalue weighted by atomic mass is 16.5. The number of hydrogen-bond donors (Lipinski definition) is 2. The predicted molar refractivity (Wildman–Crippen MR) is 129 cm³/mol. The van der Waals surface area contributed by atoms with Gasteiger partial charge in [-0.05, 0) is 53.9 Å². The van der Waals surface area contributed by atoms with Gasteiger partial charge in [0.1, 0.15) is 12.6 Å². The molecule has 35 heavy (non-hydrogen) atoms. The van der Waals surface area contributed by atoms with Gasteiger partial charge in [-0.2, -0.15) is 0 Å². The van der Waals surface area contributed by atoms with Crippen molar-refractivity contribution in [1.82, 2.24) is 10.2 Å². The van der Waals surface area contributed by atoms with Crippen LogP contribution in [0.25, 0.3) is 11.1 Å². The minimum absolute atomic E-state index is 0.0420. The maximum Gasteiger partial charge on any atom is 0.407 e. The molecule has 2 bridgehead atoms. The summed E-state index contributed by atoms with van der Waals surface area (Å²) in [6.45, 7) is 0.195. The molecule has 4 aliphatic rings. The molecule has 182 valence electrons. The molecular formula is C28H30N2O5. The second kappa shape index (κ2) is 8.70. The molecule has 2 amide bonds. The molecule has 7 nitrogen and oxygen atoms in total. The predicted octanol–water partition coefficient (Wildman–Crippen LogP) is 4.16. The van der Waals surface area contributed by atoms with E-state index in [1.165, 1.54) is 0 Å². The number of nitrogens with zero attached hydrogens (tertiary/aromatic N) is 1. The first-order valence-corrected chi connectivity index (χ1v) is 12.7. The largest absolute Gasteiger partial charge is 0.481 e. The Morgan fingerprint density at radius 2 is 1.63 bits per heavy atom. The van der Waals surface area contributed by atoms with E-state index in [1.54, 1.807) is 4.90 Å². The van der Waals surface area contributed by atoms with Gasteiger partial charge in [0.25, 0.3) is 0 Å². The number of carbonyl (C=O) groups is 3. The van der Waals surface area contributed by atoms with Crippen molar-refractivity contribution < 1.29 is 24.2 Å². The number of ether oxygens (including phenoxy) is 1. The van der Waals surface area contributed by atoms with Gasteiger partial charge >= 0.3 is 12.1 Å². The molecule has 0 spiro atoms. The smallest absolute Gasteiger partial charge is 0.407 e. The summed E-state index contributed by atoms with van der Waals surface area (Å²) in [6.07, 6.45) is 4.16. The average Bonchev–Trinajstić information content (AvgIpc) is 3.36. The van der Waals surface area contributed by atoms with Crippen molar-refractivity contribution in [3.63, 3.8) is 0 Å². The Bertz CT molecular complexity index is 1130. The lowest BCUT2D eigenvalue weighted by atomic mass is 9.89. The van der Waals surface area contributed by atoms with Crippen molar-refractivity contribution in [3.8, 4) is 11.1 Å². The quantitative estimate of drug-likeness (QED) is 0.628. The number of aliphatic carboxylic acids is 1. The second-order valence-electron chi connectivity index (χ2n) is 10.4. The molecule has 2 heterocycles. The molecular weight excluding hydrogens is 444 g/mol. The van der Waals surface area contributed by atoms with Crippen LogP contribution in [0.2, 0.25) is 0 Å². The van der Waals surface area contributed by atoms with Crippen LogP contribution in [0, 0.1) is 11.8 Å². The number of carboxylic acid groups (broad SMARTS) is 1. The van der Waals surface area contributed by atoms with Crippen LogP contribution >= 0.6 is 0 Å². The minimum Gasteiger partial charge on any atom is -0.481 e. The Labute approximate surface area is 204 Å². The summed E-state index contributed by atoms with van der Waals surface area (Å²) < 4.78 is 5.70. The third kappa shape index (κ3) is 3.97. The summed E-state index contributed by atoms with van der Waals surface area (Å²) in [7, 11) is 0. The summed E-state index contributed by atoms with van der Waals surface area (Å²) >= 11 is 0. The van der Waals surface area contributed by atoms with E-state index in [0.29, 0.717) is 25.2 Å². The lowest BCUT2D eigenvalue weighted by Crippen LogP contribution is -2.51. The lowest BCUT2D eigenvalue weighted by Gasteiger charge is -2.28. The molecule has 1 saturated carbocycles. The van der Waals surface area contributed by atoms with Crippen molar-refractivity contribution in [2.75, 3.05) is 6.61 Å². The fourth-order valence-corrected chi connectivity index (χ4v) is 6.47. The number of nitrogens with one attached hydrogen (secondary N) is 1. The van der Waals surface area contributed by atoms with E-state index in [4.69, 9.17) is 4.74 Å². The topological polar surface area (TPSA) is 95.9 Å². The van der Waals surface area contributed by atoms with Crippen LogP contribution in [0.1, 0.15) is 55.6 Å². The number of fused-ring (bicyclic) bond motifs is 5. The van der Waals surface area contributed by atoms with Crippen molar-refractivity contribution in [2.45, 2.75) is 62.6 Å². The first kappa shape index (κ1) is 22.1. The van der Waals surface area contributed by atoms with Gasteiger partial charge in [0.05, 0.1) is 5.92 Å². The number of alkyl carbamates (subject to hydrolysis) is 1. The van der Waals surface area contributed by atoms with E-state index in [-0.39, 0.29) is 30.5 Å². The Balaban J connectivity index is 1.14. The Morgan fingerprint density at radius 1 is 0.971 bits per heavy atom. The Kier molecular flexibility index (Phi) is 5.50. The SMILES string of the molecule is O=C(N[C@@H](CC1CC1)C(=O)N1C2CCC1C(C(=O)O)C2)OCC1c2ccccc2-c2ccccc21. The van der Waals surface area contributed by atoms with Crippen LogP contribution in [-0.2, 0) is 14.3 Å². The van der Waals surface area contributed by atoms with Gasteiger partial charge in [-0.25, -0.2) is 4.79 Å². The lowest BCUT2D eigenvalue weighted by molar-refractivity contribution is -0.143. The monoisotopic (exact) mass is 474 g/mol. The number of hydrogen-bond acceptors (Lipinski definition) is 4. The van der Waals surface area contributed by atoms with Gasteiger partial charge < -0.3 is 20.1 Å². The summed E-state index contributed by atoms with van der Waals surface area (Å²) in [5, 5.41) is 12.4. The maximum atomic E-state index is 13.5. The van der Waals surface area contributed by atoms with E-state index in [9.17, 15) is 19.5 Å². The summed E-state index contributed by atoms with van der Waals surface area (Å²) in [4.78, 5) is 39.8. The van der Waals surface area contributed by atoms with Crippen molar-refractivity contribution in [2.24, 2.45) is 11.8 Å². The van der Waals surface area contributed by atoms with Gasteiger partial charge in [0.15, 0.2) is 0 Å². The zero-order chi connectivity index (χ0) is 24.1. The molecule has 2 aromatic carbocycles. The number of benzene rings is 2. The molecule has 0 aromatic heterocycles. The first-order chi connectivity index (χ1) is 17.0. The highest BCUT2D eigenvalue weighted by molar-refractivity contribution is 5.88. The highest BCUT2D eigenvalue weighted by Gasteiger charge is 2.52. The Morgan fingerprint density at radius 3 is 2.23 bits per heavy atom. The zero-order valence-electron chi connectivity index (χ0n) is 19.6. The van der Waals surface area contributed by atoms with Crippen LogP contribution in [0.3, 0.4) is 0 Å². The van der Waals surface area contributed by atoms with Crippen LogP contribution in [0.15, 0.2) is 48.5 Å². The van der Waals surface area contributed by atoms with E-state index in [2.05, 4.69) is 29.6 Å². The van der Waals surface area contributed by atoms with Crippen LogP contribution in [-0.4, -0.2) is 52.7 Å². The molecule has 3 fully saturated rings. The molecule has 2 aromatic rings. The highest BCUT2D eigenvalue weighted by Crippen LogP contribution is 2.45. The number of carboxylic acids is 1. The molecule has 7 heteroatoms. The van der Waals surface area contributed by atoms with E-state index < -0.39 is 24.0 Å². The van der Waals surface area contributed by atoms with Gasteiger partial charge in [0, 0.05) is 18.0 Å². The van der Waals surface area contributed by atoms with Crippen LogP contribution < -0.4 is 5.32 Å². The molecule has 4 atom stereocenters. The fourth-order valence-electron chi connectivity index (χ4n) is 6.47. The number of rotatable bonds is 7. The van der Waals surface area contributed by atoms with Crippen molar-refractivity contribution in [1.29, 1.82) is 0 Å². The first-order valence-electron chi connectivity index (χ1n) is 12.7. The van der Waals surface area contributed by atoms with Crippen molar-refractivity contribution >= 4 is 18.0 Å². The third-order valence-electron chi connectivity index (χ3n) is 8.31. The van der Waals surface area contributed by atoms with Gasteiger partial charge in [-0.15, -0.1) is 0 Å². The normalized spacial score (nSPS) is 25.1. The minimum atomic E-state index is -0.835. The molecule has 2 aliphatic heterocycles.